The minimum absolute atomic E-state index is 0.497. The van der Waals surface area contributed by atoms with Gasteiger partial charge in [-0.25, -0.2) is 0 Å². The zero-order valence-corrected chi connectivity index (χ0v) is 8.51. The number of nitrogens with two attached hydrogens (primary N) is 1. The summed E-state index contributed by atoms with van der Waals surface area (Å²) in [5.74, 6) is 0.562. The number of allylic oxidation sites excluding steroid dienone is 1. The van der Waals surface area contributed by atoms with Crippen LogP contribution < -0.4 is 5.73 Å². The van der Waals surface area contributed by atoms with Crippen molar-refractivity contribution in [2.24, 2.45) is 5.73 Å². The number of rotatable bonds is 1. The quantitative estimate of drug-likeness (QED) is 0.478. The van der Waals surface area contributed by atoms with Gasteiger partial charge in [0.2, 0.25) is 0 Å². The largest absolute Gasteiger partial charge is 0.402 e. The van der Waals surface area contributed by atoms with Crippen molar-refractivity contribution in [2.75, 3.05) is 6.54 Å². The lowest BCUT2D eigenvalue weighted by molar-refractivity contribution is 0.258. The molecule has 0 bridgehead atoms. The van der Waals surface area contributed by atoms with E-state index in [4.69, 9.17) is 11.1 Å². The molecule has 0 saturated carbocycles. The van der Waals surface area contributed by atoms with E-state index in [1.807, 2.05) is 6.92 Å². The van der Waals surface area contributed by atoms with Gasteiger partial charge in [-0.15, -0.1) is 0 Å². The van der Waals surface area contributed by atoms with Gasteiger partial charge in [-0.1, -0.05) is 0 Å². The van der Waals surface area contributed by atoms with Gasteiger partial charge in [-0.2, -0.15) is 0 Å². The zero-order chi connectivity index (χ0) is 9.84. The number of amidine groups is 1. The molecule has 0 aromatic carbocycles. The maximum Gasteiger partial charge on any atom is 0.122 e. The van der Waals surface area contributed by atoms with Crippen molar-refractivity contribution in [3.63, 3.8) is 0 Å². The van der Waals surface area contributed by atoms with E-state index in [0.717, 1.165) is 6.54 Å². The molecule has 1 atom stereocenters. The molecule has 0 aliphatic carbocycles. The summed E-state index contributed by atoms with van der Waals surface area (Å²) in [5.41, 5.74) is 6.25. The fourth-order valence-corrected chi connectivity index (χ4v) is 1.75. The van der Waals surface area contributed by atoms with Gasteiger partial charge < -0.3 is 10.6 Å². The summed E-state index contributed by atoms with van der Waals surface area (Å²) in [6.07, 6.45) is 5.42. The minimum Gasteiger partial charge on any atom is -0.402 e. The molecular formula is C10H19N3. The molecule has 74 valence electrons. The minimum atomic E-state index is 0.497. The Morgan fingerprint density at radius 3 is 2.77 bits per heavy atom. The van der Waals surface area contributed by atoms with E-state index in [1.54, 1.807) is 6.08 Å². The molecule has 0 amide bonds. The molecule has 0 radical (unpaired) electrons. The van der Waals surface area contributed by atoms with Crippen LogP contribution in [0.2, 0.25) is 0 Å². The summed E-state index contributed by atoms with van der Waals surface area (Å²) in [4.78, 5) is 2.12. The second-order valence-electron chi connectivity index (χ2n) is 3.81. The maximum atomic E-state index is 7.81. The molecule has 1 saturated heterocycles. The second kappa shape index (κ2) is 4.30. The first-order valence-electron chi connectivity index (χ1n) is 4.90. The number of piperidine rings is 1. The van der Waals surface area contributed by atoms with Crippen LogP contribution in [0.25, 0.3) is 0 Å². The van der Waals surface area contributed by atoms with E-state index in [-0.39, 0.29) is 0 Å². The van der Waals surface area contributed by atoms with Crippen molar-refractivity contribution in [3.05, 3.63) is 11.8 Å². The molecule has 0 aromatic heterocycles. The van der Waals surface area contributed by atoms with Crippen LogP contribution in [0.5, 0.6) is 0 Å². The zero-order valence-electron chi connectivity index (χ0n) is 8.51. The third kappa shape index (κ3) is 2.76. The Morgan fingerprint density at radius 1 is 1.54 bits per heavy atom. The fourth-order valence-electron chi connectivity index (χ4n) is 1.75. The van der Waals surface area contributed by atoms with E-state index in [2.05, 4.69) is 11.8 Å². The van der Waals surface area contributed by atoms with Crippen molar-refractivity contribution in [1.82, 2.24) is 4.90 Å². The highest BCUT2D eigenvalue weighted by molar-refractivity contribution is 5.90. The van der Waals surface area contributed by atoms with Gasteiger partial charge >= 0.3 is 0 Å². The Hall–Kier alpha value is -0.990. The van der Waals surface area contributed by atoms with Gasteiger partial charge in [-0.3, -0.25) is 5.41 Å². The van der Waals surface area contributed by atoms with Gasteiger partial charge in [0.1, 0.15) is 5.84 Å². The number of nitrogens with zero attached hydrogens (tertiary/aromatic N) is 1. The van der Waals surface area contributed by atoms with Crippen molar-refractivity contribution in [2.45, 2.75) is 39.2 Å². The van der Waals surface area contributed by atoms with Crippen molar-refractivity contribution in [1.29, 1.82) is 5.41 Å². The van der Waals surface area contributed by atoms with Gasteiger partial charge in [0, 0.05) is 18.3 Å². The monoisotopic (exact) mass is 181 g/mol. The highest BCUT2D eigenvalue weighted by atomic mass is 15.2. The first-order chi connectivity index (χ1) is 6.11. The molecule has 3 nitrogen and oxygen atoms in total. The smallest absolute Gasteiger partial charge is 0.122 e. The topological polar surface area (TPSA) is 53.1 Å². The summed E-state index contributed by atoms with van der Waals surface area (Å²) >= 11 is 0. The SMILES string of the molecule is C/C(N)=C/C(=N)N1CCCCC1C. The lowest BCUT2D eigenvalue weighted by atomic mass is 10.0. The van der Waals surface area contributed by atoms with Crippen LogP contribution in [0.1, 0.15) is 33.1 Å². The van der Waals surface area contributed by atoms with E-state index >= 15 is 0 Å². The van der Waals surface area contributed by atoms with Crippen molar-refractivity contribution in [3.8, 4) is 0 Å². The van der Waals surface area contributed by atoms with Gasteiger partial charge in [-0.05, 0) is 39.2 Å². The molecule has 1 heterocycles. The molecule has 3 heteroatoms. The van der Waals surface area contributed by atoms with Crippen molar-refractivity contribution >= 4 is 5.84 Å². The van der Waals surface area contributed by atoms with Crippen LogP contribution in [0, 0.1) is 5.41 Å². The number of nitrogens with one attached hydrogen (secondary N) is 1. The fraction of sp³-hybridized carbons (Fsp3) is 0.700. The molecule has 13 heavy (non-hydrogen) atoms. The van der Waals surface area contributed by atoms with E-state index in [9.17, 15) is 0 Å². The van der Waals surface area contributed by atoms with Crippen LogP contribution in [-0.4, -0.2) is 23.3 Å². The van der Waals surface area contributed by atoms with Crippen LogP contribution in [0.15, 0.2) is 11.8 Å². The van der Waals surface area contributed by atoms with Crippen LogP contribution in [-0.2, 0) is 0 Å². The lowest BCUT2D eigenvalue weighted by Gasteiger charge is -2.34. The van der Waals surface area contributed by atoms with Gasteiger partial charge in [0.15, 0.2) is 0 Å². The molecule has 1 unspecified atom stereocenters. The number of hydrogen-bond donors (Lipinski definition) is 2. The molecule has 1 aliphatic heterocycles. The average molecular weight is 181 g/mol. The second-order valence-corrected chi connectivity index (χ2v) is 3.81. The van der Waals surface area contributed by atoms with Crippen LogP contribution >= 0.6 is 0 Å². The van der Waals surface area contributed by atoms with Crippen molar-refractivity contribution < 1.29 is 0 Å². The van der Waals surface area contributed by atoms with E-state index < -0.39 is 0 Å². The standard InChI is InChI=1S/C10H19N3/c1-8(11)7-10(12)13-6-4-3-5-9(13)2/h7,9,12H,3-6,11H2,1-2H3/b8-7-,12-10?. The predicted molar refractivity (Wildman–Crippen MR) is 55.7 cm³/mol. The predicted octanol–water partition coefficient (Wildman–Crippen LogP) is 1.70. The summed E-state index contributed by atoms with van der Waals surface area (Å²) in [5, 5.41) is 7.81. The molecule has 1 aliphatic rings. The van der Waals surface area contributed by atoms with Gasteiger partial charge in [0.05, 0.1) is 0 Å². The third-order valence-corrected chi connectivity index (χ3v) is 2.48. The Labute approximate surface area is 80.1 Å². The first kappa shape index (κ1) is 10.1. The summed E-state index contributed by atoms with van der Waals surface area (Å²) < 4.78 is 0. The molecule has 3 N–H and O–H groups in total. The molecular weight excluding hydrogens is 162 g/mol. The summed E-state index contributed by atoms with van der Waals surface area (Å²) in [6.45, 7) is 5.00. The van der Waals surface area contributed by atoms with Gasteiger partial charge in [0.25, 0.3) is 0 Å². The normalized spacial score (nSPS) is 24.6. The highest BCUT2D eigenvalue weighted by Gasteiger charge is 2.19. The Bertz CT molecular complexity index is 216. The third-order valence-electron chi connectivity index (χ3n) is 2.48. The Morgan fingerprint density at radius 2 is 2.23 bits per heavy atom. The molecule has 1 rings (SSSR count). The first-order valence-corrected chi connectivity index (χ1v) is 4.90. The average Bonchev–Trinajstić information content (AvgIpc) is 2.03. The maximum absolute atomic E-state index is 7.81. The Kier molecular flexibility index (Phi) is 3.34. The van der Waals surface area contributed by atoms with E-state index in [0.29, 0.717) is 17.6 Å². The number of likely N-dealkylation sites (tertiary alicyclic amines) is 1. The Balaban J connectivity index is 2.59. The van der Waals surface area contributed by atoms with Crippen LogP contribution in [0.3, 0.4) is 0 Å². The van der Waals surface area contributed by atoms with E-state index in [1.165, 1.54) is 19.3 Å². The molecule has 1 fully saturated rings. The molecule has 0 aromatic rings. The lowest BCUT2D eigenvalue weighted by Crippen LogP contribution is -2.41. The molecule has 0 spiro atoms. The highest BCUT2D eigenvalue weighted by Crippen LogP contribution is 2.16. The number of hydrogen-bond acceptors (Lipinski definition) is 2. The summed E-state index contributed by atoms with van der Waals surface area (Å²) in [7, 11) is 0. The summed E-state index contributed by atoms with van der Waals surface area (Å²) in [6, 6.07) is 0.497. The van der Waals surface area contributed by atoms with Crippen LogP contribution in [0.4, 0.5) is 0 Å².